The Bertz CT molecular complexity index is 936. The topological polar surface area (TPSA) is 82.7 Å². The molecule has 0 saturated carbocycles. The molecule has 23 heavy (non-hydrogen) atoms. The summed E-state index contributed by atoms with van der Waals surface area (Å²) in [4.78, 5) is 13.9. The van der Waals surface area contributed by atoms with E-state index in [9.17, 15) is 13.6 Å². The molecule has 1 aromatic heterocycles. The fourth-order valence-electron chi connectivity index (χ4n) is 2.35. The van der Waals surface area contributed by atoms with Gasteiger partial charge in [-0.05, 0) is 36.0 Å². The molecule has 0 spiro atoms. The molecule has 0 aliphatic heterocycles. The lowest BCUT2D eigenvalue weighted by Crippen LogP contribution is -2.07. The summed E-state index contributed by atoms with van der Waals surface area (Å²) in [6.07, 6.45) is 1.62. The number of H-pyrrole nitrogens is 1. The molecule has 0 aliphatic carbocycles. The molecule has 0 saturated heterocycles. The van der Waals surface area contributed by atoms with Crippen molar-refractivity contribution in [2.24, 2.45) is 5.73 Å². The van der Waals surface area contributed by atoms with E-state index in [0.29, 0.717) is 28.3 Å². The highest BCUT2D eigenvalue weighted by atomic mass is 32.2. The Hall–Kier alpha value is -2.67. The van der Waals surface area contributed by atoms with Crippen LogP contribution in [0.15, 0.2) is 42.6 Å². The zero-order valence-corrected chi connectivity index (χ0v) is 12.5. The van der Waals surface area contributed by atoms with Gasteiger partial charge in [0.25, 0.3) is 5.24 Å². The van der Waals surface area contributed by atoms with E-state index in [2.05, 4.69) is 4.98 Å². The Morgan fingerprint density at radius 1 is 1.13 bits per heavy atom. The summed E-state index contributed by atoms with van der Waals surface area (Å²) in [6.45, 7) is 0. The van der Waals surface area contributed by atoms with Crippen molar-refractivity contribution in [2.45, 2.75) is 0 Å². The van der Waals surface area contributed by atoms with Crippen LogP contribution in [0, 0.1) is 17.0 Å². The van der Waals surface area contributed by atoms with Crippen LogP contribution in [0.4, 0.5) is 13.6 Å². The maximum Gasteiger partial charge on any atom is 0.282 e. The zero-order valence-electron chi connectivity index (χ0n) is 11.7. The van der Waals surface area contributed by atoms with Crippen LogP contribution in [0.5, 0.6) is 0 Å². The minimum atomic E-state index is -0.672. The molecular weight excluding hydrogens is 320 g/mol. The van der Waals surface area contributed by atoms with Crippen molar-refractivity contribution in [1.82, 2.24) is 4.98 Å². The number of hydrogen-bond acceptors (Lipinski definition) is 3. The first-order chi connectivity index (χ1) is 11.0. The minimum absolute atomic E-state index is 0.00567. The molecule has 0 bridgehead atoms. The summed E-state index contributed by atoms with van der Waals surface area (Å²) >= 11 is 0.614. The third-order valence-electron chi connectivity index (χ3n) is 3.37. The fourth-order valence-corrected chi connectivity index (χ4v) is 2.80. The van der Waals surface area contributed by atoms with Crippen LogP contribution in [0.25, 0.3) is 22.0 Å². The molecule has 1 amide bonds. The number of hydrogen-bond donors (Lipinski definition) is 3. The number of aromatic nitrogens is 1. The van der Waals surface area contributed by atoms with Crippen LogP contribution in [-0.4, -0.2) is 15.3 Å². The molecule has 4 nitrogen and oxygen atoms in total. The molecule has 3 aromatic rings. The fraction of sp³-hybridized carbons (Fsp3) is 0. The van der Waals surface area contributed by atoms with Crippen LogP contribution in [-0.2, 0) is 0 Å². The van der Waals surface area contributed by atoms with Gasteiger partial charge in [-0.15, -0.1) is 0 Å². The zero-order chi connectivity index (χ0) is 16.6. The van der Waals surface area contributed by atoms with Crippen molar-refractivity contribution in [3.63, 3.8) is 0 Å². The van der Waals surface area contributed by atoms with Crippen molar-refractivity contribution >= 4 is 32.9 Å². The second-order valence-electron chi connectivity index (χ2n) is 4.84. The lowest BCUT2D eigenvalue weighted by molar-refractivity contribution is 0.267. The van der Waals surface area contributed by atoms with Gasteiger partial charge in [0.1, 0.15) is 16.7 Å². The quantitative estimate of drug-likeness (QED) is 0.484. The van der Waals surface area contributed by atoms with Gasteiger partial charge in [-0.2, -0.15) is 0 Å². The van der Waals surface area contributed by atoms with Gasteiger partial charge in [-0.1, -0.05) is 6.07 Å². The van der Waals surface area contributed by atoms with Crippen molar-refractivity contribution in [1.29, 1.82) is 5.41 Å². The lowest BCUT2D eigenvalue weighted by atomic mass is 10.0. The molecule has 2 aromatic carbocycles. The van der Waals surface area contributed by atoms with Gasteiger partial charge in [0.2, 0.25) is 0 Å². The van der Waals surface area contributed by atoms with E-state index in [-0.39, 0.29) is 10.6 Å². The number of rotatable bonds is 2. The first-order valence-electron chi connectivity index (χ1n) is 6.58. The number of primary amides is 1. The van der Waals surface area contributed by atoms with E-state index < -0.39 is 16.9 Å². The average Bonchev–Trinajstić information content (AvgIpc) is 2.89. The van der Waals surface area contributed by atoms with Gasteiger partial charge in [0.15, 0.2) is 0 Å². The Labute approximate surface area is 134 Å². The smallest absolute Gasteiger partial charge is 0.282 e. The monoisotopic (exact) mass is 331 g/mol. The van der Waals surface area contributed by atoms with Crippen LogP contribution < -0.4 is 5.73 Å². The molecule has 0 radical (unpaired) electrons. The van der Waals surface area contributed by atoms with Crippen LogP contribution in [0.3, 0.4) is 0 Å². The third-order valence-corrected chi connectivity index (χ3v) is 4.01. The largest absolute Gasteiger partial charge is 0.361 e. The second-order valence-corrected chi connectivity index (χ2v) is 5.85. The number of nitrogens with one attached hydrogen (secondary N) is 2. The summed E-state index contributed by atoms with van der Waals surface area (Å²) < 4.78 is 27.1. The summed E-state index contributed by atoms with van der Waals surface area (Å²) in [5, 5.41) is 7.86. The molecule has 0 unspecified atom stereocenters. The van der Waals surface area contributed by atoms with E-state index in [1.54, 1.807) is 24.4 Å². The molecule has 0 aliphatic rings. The molecule has 1 heterocycles. The highest BCUT2D eigenvalue weighted by molar-refractivity contribution is 8.26. The van der Waals surface area contributed by atoms with Crippen LogP contribution in [0.2, 0.25) is 0 Å². The number of amides is 1. The molecular formula is C16H11F2N3OS. The standard InChI is InChI=1S/C16H11F2N3OS/c17-9-2-3-10(13(18)6-9)12-7-21-14-4-1-8(5-11(12)14)15(19)23-16(20)22/h1-7,19,21H,(H2,20,22). The number of carbonyl (C=O) groups is 1. The molecule has 116 valence electrons. The molecule has 0 fully saturated rings. The lowest BCUT2D eigenvalue weighted by Gasteiger charge is -2.05. The Morgan fingerprint density at radius 3 is 2.61 bits per heavy atom. The van der Waals surface area contributed by atoms with E-state index >= 15 is 0 Å². The molecule has 4 N–H and O–H groups in total. The van der Waals surface area contributed by atoms with Gasteiger partial charge in [0, 0.05) is 39.9 Å². The van der Waals surface area contributed by atoms with Gasteiger partial charge in [-0.25, -0.2) is 8.78 Å². The predicted molar refractivity (Wildman–Crippen MR) is 87.7 cm³/mol. The van der Waals surface area contributed by atoms with E-state index in [1.807, 2.05) is 0 Å². The average molecular weight is 331 g/mol. The van der Waals surface area contributed by atoms with Crippen molar-refractivity contribution < 1.29 is 13.6 Å². The number of aromatic amines is 1. The predicted octanol–water partition coefficient (Wildman–Crippen LogP) is 4.25. The highest BCUT2D eigenvalue weighted by Crippen LogP contribution is 2.32. The number of halogens is 2. The third kappa shape index (κ3) is 2.95. The summed E-state index contributed by atoms with van der Waals surface area (Å²) in [5.41, 5.74) is 7.11. The normalized spacial score (nSPS) is 10.9. The number of fused-ring (bicyclic) bond motifs is 1. The van der Waals surface area contributed by atoms with Gasteiger partial charge in [0.05, 0.1) is 0 Å². The van der Waals surface area contributed by atoms with Crippen molar-refractivity contribution in [3.05, 3.63) is 59.8 Å². The van der Waals surface area contributed by atoms with Crippen molar-refractivity contribution in [2.75, 3.05) is 0 Å². The summed E-state index contributed by atoms with van der Waals surface area (Å²) in [6, 6.07) is 8.44. The number of carbonyl (C=O) groups excluding carboxylic acids is 1. The Morgan fingerprint density at radius 2 is 1.91 bits per heavy atom. The number of benzene rings is 2. The SMILES string of the molecule is N=C(SC(N)=O)c1ccc2[nH]cc(-c3ccc(F)cc3F)c2c1. The minimum Gasteiger partial charge on any atom is -0.361 e. The molecule has 0 atom stereocenters. The van der Waals surface area contributed by atoms with E-state index in [1.165, 1.54) is 12.1 Å². The van der Waals surface area contributed by atoms with E-state index in [4.69, 9.17) is 11.1 Å². The Kier molecular flexibility index (Phi) is 3.87. The summed E-state index contributed by atoms with van der Waals surface area (Å²) in [5.74, 6) is -1.32. The first kappa shape index (κ1) is 15.2. The van der Waals surface area contributed by atoms with Crippen molar-refractivity contribution in [3.8, 4) is 11.1 Å². The van der Waals surface area contributed by atoms with Gasteiger partial charge < -0.3 is 10.7 Å². The first-order valence-corrected chi connectivity index (χ1v) is 7.40. The van der Waals surface area contributed by atoms with Gasteiger partial charge in [-0.3, -0.25) is 10.2 Å². The van der Waals surface area contributed by atoms with E-state index in [0.717, 1.165) is 11.6 Å². The van der Waals surface area contributed by atoms with Gasteiger partial charge >= 0.3 is 0 Å². The van der Waals surface area contributed by atoms with Crippen LogP contribution in [0.1, 0.15) is 5.56 Å². The maximum atomic E-state index is 14.0. The summed E-state index contributed by atoms with van der Waals surface area (Å²) in [7, 11) is 0. The maximum absolute atomic E-state index is 14.0. The molecule has 3 rings (SSSR count). The van der Waals surface area contributed by atoms with Crippen LogP contribution >= 0.6 is 11.8 Å². The molecule has 7 heteroatoms. The number of nitrogens with two attached hydrogens (primary N) is 1. The second kappa shape index (κ2) is 5.85. The highest BCUT2D eigenvalue weighted by Gasteiger charge is 2.14. The Balaban J connectivity index is 2.12. The number of thioether (sulfide) groups is 1.